The normalized spacial score (nSPS) is 22.5. The maximum Gasteiger partial charge on any atom is 0.276 e. The van der Waals surface area contributed by atoms with E-state index in [4.69, 9.17) is 10.6 Å². The molecule has 5 N–H and O–H groups in total. The van der Waals surface area contributed by atoms with Gasteiger partial charge in [0.05, 0.1) is 11.7 Å². The fourth-order valence-corrected chi connectivity index (χ4v) is 7.05. The van der Waals surface area contributed by atoms with Crippen LogP contribution in [0.25, 0.3) is 0 Å². The van der Waals surface area contributed by atoms with Gasteiger partial charge >= 0.3 is 0 Å². The molecule has 15 nitrogen and oxygen atoms in total. The summed E-state index contributed by atoms with van der Waals surface area (Å²) in [5, 5.41) is 38.8. The molecule has 2 aromatic heterocycles. The van der Waals surface area contributed by atoms with Crippen molar-refractivity contribution in [2.45, 2.75) is 28.7 Å². The highest BCUT2D eigenvalue weighted by molar-refractivity contribution is 8.01. The number of aliphatic hydroxyl groups excluding tert-OH is 2. The van der Waals surface area contributed by atoms with Crippen LogP contribution in [0.2, 0.25) is 0 Å². The van der Waals surface area contributed by atoms with Crippen LogP contribution in [0.4, 0.5) is 5.13 Å². The van der Waals surface area contributed by atoms with Gasteiger partial charge in [-0.3, -0.25) is 24.3 Å². The topological polar surface area (TPSA) is 224 Å². The van der Waals surface area contributed by atoms with E-state index in [1.807, 2.05) is 36.1 Å². The lowest BCUT2D eigenvalue weighted by Crippen LogP contribution is -2.71. The smallest absolute Gasteiger partial charge is 0.276 e. The van der Waals surface area contributed by atoms with E-state index in [1.165, 1.54) is 28.9 Å². The van der Waals surface area contributed by atoms with E-state index >= 15 is 0 Å². The number of oxime groups is 1. The SMILES string of the molecule is C[n+]1ccc(SCC2=C(C(=O)[O-])N3C(=O)[C@@H](NC(=O)/C(=N\OC(O)C4=CC(=O)C(O)C=N4)c4csc(N)n4)[C@H]3SC2)cc1. The number of rotatable bonds is 10. The minimum atomic E-state index is -1.88. The summed E-state index contributed by atoms with van der Waals surface area (Å²) in [6.45, 7) is 0. The van der Waals surface area contributed by atoms with Crippen molar-refractivity contribution in [1.29, 1.82) is 0 Å². The number of β-lactam (4-membered cyclic amide) rings is 1. The van der Waals surface area contributed by atoms with Crippen LogP contribution < -0.4 is 20.7 Å². The number of nitrogens with two attached hydrogens (primary N) is 1. The first-order valence-electron chi connectivity index (χ1n) is 12.4. The molecule has 1 saturated heterocycles. The molecule has 2 aromatic rings. The van der Waals surface area contributed by atoms with Crippen LogP contribution in [0.15, 0.2) is 68.0 Å². The number of hydrogen-bond acceptors (Lipinski definition) is 15. The molecule has 4 atom stereocenters. The molecule has 2 amide bonds. The quantitative estimate of drug-likeness (QED) is 0.0534. The highest BCUT2D eigenvalue weighted by atomic mass is 32.2. The average molecular weight is 646 g/mol. The second-order valence-electron chi connectivity index (χ2n) is 9.25. The Morgan fingerprint density at radius 2 is 2.12 bits per heavy atom. The number of nitrogens with one attached hydrogen (secondary N) is 1. The summed E-state index contributed by atoms with van der Waals surface area (Å²) >= 11 is 3.71. The number of aryl methyl sites for hydroxylation is 1. The third kappa shape index (κ3) is 6.47. The summed E-state index contributed by atoms with van der Waals surface area (Å²) in [6, 6.07) is 2.68. The Balaban J connectivity index is 1.30. The molecule has 0 bridgehead atoms. The van der Waals surface area contributed by atoms with Gasteiger partial charge in [0.1, 0.15) is 29.9 Å². The maximum absolute atomic E-state index is 13.3. The first kappa shape index (κ1) is 30.4. The third-order valence-electron chi connectivity index (χ3n) is 6.31. The second kappa shape index (κ2) is 12.6. The number of nitrogen functional groups attached to an aromatic ring is 1. The molecule has 2 unspecified atom stereocenters. The predicted octanol–water partition coefficient (Wildman–Crippen LogP) is -2.32. The zero-order chi connectivity index (χ0) is 30.8. The predicted molar refractivity (Wildman–Crippen MR) is 153 cm³/mol. The molecule has 43 heavy (non-hydrogen) atoms. The molecular formula is C25H23N7O8S3. The second-order valence-corrected chi connectivity index (χ2v) is 12.3. The number of amides is 2. The summed E-state index contributed by atoms with van der Waals surface area (Å²) in [7, 11) is 1.88. The van der Waals surface area contributed by atoms with E-state index in [1.54, 1.807) is 0 Å². The summed E-state index contributed by atoms with van der Waals surface area (Å²) in [6.07, 6.45) is 2.16. The van der Waals surface area contributed by atoms with Gasteiger partial charge in [-0.25, -0.2) is 9.55 Å². The van der Waals surface area contributed by atoms with Crippen molar-refractivity contribution in [2.24, 2.45) is 17.2 Å². The van der Waals surface area contributed by atoms with Crippen molar-refractivity contribution < 1.29 is 43.9 Å². The van der Waals surface area contributed by atoms with Crippen LogP contribution in [0, 0.1) is 0 Å². The van der Waals surface area contributed by atoms with Crippen LogP contribution in [0.1, 0.15) is 5.69 Å². The summed E-state index contributed by atoms with van der Waals surface area (Å²) in [5.74, 6) is -3.19. The molecule has 0 saturated carbocycles. The van der Waals surface area contributed by atoms with Crippen LogP contribution in [0.5, 0.6) is 0 Å². The third-order valence-corrected chi connectivity index (χ3v) is 9.42. The van der Waals surface area contributed by atoms with Crippen LogP contribution in [-0.2, 0) is 31.1 Å². The largest absolute Gasteiger partial charge is 0.543 e. The molecular weight excluding hydrogens is 623 g/mol. The number of aliphatic hydroxyl groups is 2. The Morgan fingerprint density at radius 3 is 2.77 bits per heavy atom. The van der Waals surface area contributed by atoms with E-state index < -0.39 is 53.1 Å². The lowest BCUT2D eigenvalue weighted by Gasteiger charge is -2.50. The van der Waals surface area contributed by atoms with Crippen molar-refractivity contribution >= 4 is 75.5 Å². The molecule has 3 aliphatic rings. The fraction of sp³-hybridized carbons (Fsp3) is 0.280. The summed E-state index contributed by atoms with van der Waals surface area (Å²) < 4.78 is 1.87. The van der Waals surface area contributed by atoms with Crippen LogP contribution >= 0.6 is 34.9 Å². The van der Waals surface area contributed by atoms with Gasteiger partial charge in [0.15, 0.2) is 35.1 Å². The van der Waals surface area contributed by atoms with Crippen LogP contribution in [0.3, 0.4) is 0 Å². The average Bonchev–Trinajstić information content (AvgIpc) is 3.41. The number of aromatic nitrogens is 2. The molecule has 18 heteroatoms. The van der Waals surface area contributed by atoms with Crippen molar-refractivity contribution in [2.75, 3.05) is 17.2 Å². The highest BCUT2D eigenvalue weighted by Gasteiger charge is 2.53. The molecule has 5 rings (SSSR count). The Kier molecular flexibility index (Phi) is 8.92. The number of thiazole rings is 1. The number of carboxylic acid groups (broad SMARTS) is 1. The van der Waals surface area contributed by atoms with E-state index in [-0.39, 0.29) is 22.2 Å². The highest BCUT2D eigenvalue weighted by Crippen LogP contribution is 2.41. The van der Waals surface area contributed by atoms with E-state index in [2.05, 4.69) is 20.4 Å². The van der Waals surface area contributed by atoms with Crippen molar-refractivity contribution in [1.82, 2.24) is 15.2 Å². The number of thioether (sulfide) groups is 2. The minimum Gasteiger partial charge on any atom is -0.543 e. The van der Waals surface area contributed by atoms with Crippen molar-refractivity contribution in [3.05, 3.63) is 58.6 Å². The monoisotopic (exact) mass is 645 g/mol. The zero-order valence-electron chi connectivity index (χ0n) is 22.1. The van der Waals surface area contributed by atoms with E-state index in [0.717, 1.165) is 33.4 Å². The number of aliphatic imine (C=N–C) groups is 1. The van der Waals surface area contributed by atoms with Gasteiger partial charge < -0.3 is 36.0 Å². The zero-order valence-corrected chi connectivity index (χ0v) is 24.6. The molecule has 0 spiro atoms. The van der Waals surface area contributed by atoms with Gasteiger partial charge in [0.2, 0.25) is 0 Å². The Labute approximate surface area is 255 Å². The van der Waals surface area contributed by atoms with Gasteiger partial charge in [-0.2, -0.15) is 0 Å². The Bertz CT molecular complexity index is 1600. The Hall–Kier alpha value is -4.10. The van der Waals surface area contributed by atoms with Gasteiger partial charge in [-0.05, 0) is 5.57 Å². The molecule has 5 heterocycles. The van der Waals surface area contributed by atoms with Gasteiger partial charge in [-0.1, -0.05) is 5.16 Å². The minimum absolute atomic E-state index is 0.0242. The number of nitrogens with zero attached hydrogens (tertiary/aromatic N) is 5. The first-order chi connectivity index (χ1) is 20.5. The number of carboxylic acids is 1. The number of anilines is 1. The maximum atomic E-state index is 13.3. The number of carbonyl (C=O) groups is 4. The van der Waals surface area contributed by atoms with E-state index in [0.29, 0.717) is 17.1 Å². The Morgan fingerprint density at radius 1 is 1.37 bits per heavy atom. The van der Waals surface area contributed by atoms with Crippen molar-refractivity contribution in [3.8, 4) is 0 Å². The summed E-state index contributed by atoms with van der Waals surface area (Å²) in [4.78, 5) is 65.0. The van der Waals surface area contributed by atoms with Crippen molar-refractivity contribution in [3.63, 3.8) is 0 Å². The van der Waals surface area contributed by atoms with E-state index in [9.17, 15) is 34.5 Å². The van der Waals surface area contributed by atoms with Gasteiger partial charge in [0, 0.05) is 46.2 Å². The number of ketones is 1. The molecule has 0 radical (unpaired) electrons. The number of pyridine rings is 1. The first-order valence-corrected chi connectivity index (χ1v) is 15.3. The lowest BCUT2D eigenvalue weighted by molar-refractivity contribution is -0.671. The summed E-state index contributed by atoms with van der Waals surface area (Å²) in [5.41, 5.74) is 5.26. The molecule has 3 aliphatic heterocycles. The van der Waals surface area contributed by atoms with Gasteiger partial charge in [0.25, 0.3) is 18.1 Å². The standard InChI is InChI=1S/C25H23N7O8S3/c1-31-4-2-12(3-5-31)41-8-11-9-42-22-18(21(36)32(22)19(11)23(37)38)29-20(35)17(14-10-43-25(26)28-14)30-40-24(39)13-6-15(33)16(34)7-27-13/h2-7,10,16,18,22,24,34,39H,8-9H2,1H3,(H3-,26,28,29,35,37,38)/b30-17-/t16?,18-,22-,24?/m1/s1. The molecule has 0 aromatic carbocycles. The number of fused-ring (bicyclic) bond motifs is 1. The molecule has 224 valence electrons. The molecule has 1 fully saturated rings. The molecule has 0 aliphatic carbocycles. The fourth-order valence-electron chi connectivity index (χ4n) is 4.14. The lowest BCUT2D eigenvalue weighted by atomic mass is 10.0. The van der Waals surface area contributed by atoms with Gasteiger partial charge in [-0.15, -0.1) is 34.9 Å². The number of carbonyl (C=O) groups excluding carboxylic acids is 4. The number of aliphatic carboxylic acids is 1. The van der Waals surface area contributed by atoms with Crippen LogP contribution in [-0.4, -0.2) is 90.9 Å². The number of hydrogen-bond donors (Lipinski definition) is 4.